The van der Waals surface area contributed by atoms with E-state index in [9.17, 15) is 18.0 Å². The fourth-order valence-corrected chi connectivity index (χ4v) is 2.43. The van der Waals surface area contributed by atoms with Gasteiger partial charge < -0.3 is 19.7 Å². The number of nitrogens with zero attached hydrogens (tertiary/aromatic N) is 1. The molecule has 1 aliphatic rings. The molecule has 1 N–H and O–H groups in total. The first kappa shape index (κ1) is 20.0. The van der Waals surface area contributed by atoms with E-state index in [0.29, 0.717) is 19.7 Å². The first-order valence-corrected chi connectivity index (χ1v) is 7.80. The first-order valence-electron chi connectivity index (χ1n) is 7.80. The van der Waals surface area contributed by atoms with Crippen molar-refractivity contribution in [2.24, 2.45) is 0 Å². The van der Waals surface area contributed by atoms with Crippen molar-refractivity contribution in [3.8, 4) is 0 Å². The minimum atomic E-state index is -4.21. The number of amides is 1. The molecule has 1 aliphatic heterocycles. The molecule has 0 radical (unpaired) electrons. The molecule has 3 unspecified atom stereocenters. The lowest BCUT2D eigenvalue weighted by atomic mass is 10.1. The van der Waals surface area contributed by atoms with Crippen LogP contribution in [0.5, 0.6) is 0 Å². The molecule has 1 fully saturated rings. The van der Waals surface area contributed by atoms with Crippen LogP contribution in [0.2, 0.25) is 0 Å². The molecule has 1 rings (SSSR count). The molecule has 0 bridgehead atoms. The summed E-state index contributed by atoms with van der Waals surface area (Å²) in [5, 5.41) is 2.89. The number of morpholine rings is 1. The molecule has 8 heteroatoms. The predicted octanol–water partition coefficient (Wildman–Crippen LogP) is 2.94. The SMILES string of the molecule is CC(CC(F)(F)F)NC(C)C1CN(C(=O)OC(C)(C)C)CCO1. The van der Waals surface area contributed by atoms with Crippen molar-refractivity contribution in [3.63, 3.8) is 0 Å². The smallest absolute Gasteiger partial charge is 0.410 e. The Balaban J connectivity index is 2.52. The summed E-state index contributed by atoms with van der Waals surface area (Å²) in [5.41, 5.74) is -0.587. The Kier molecular flexibility index (Phi) is 6.70. The maximum atomic E-state index is 12.4. The number of hydrogen-bond donors (Lipinski definition) is 1. The predicted molar refractivity (Wildman–Crippen MR) is 80.3 cm³/mol. The Bertz CT molecular complexity index is 396. The van der Waals surface area contributed by atoms with Crippen molar-refractivity contribution in [1.29, 1.82) is 0 Å². The largest absolute Gasteiger partial charge is 0.444 e. The Labute approximate surface area is 135 Å². The second-order valence-corrected chi connectivity index (χ2v) is 7.01. The number of alkyl halides is 3. The number of rotatable bonds is 4. The zero-order valence-electron chi connectivity index (χ0n) is 14.4. The van der Waals surface area contributed by atoms with Gasteiger partial charge in [0.25, 0.3) is 0 Å². The van der Waals surface area contributed by atoms with Gasteiger partial charge in [-0.25, -0.2) is 4.79 Å². The molecule has 0 saturated carbocycles. The van der Waals surface area contributed by atoms with E-state index in [2.05, 4.69) is 5.32 Å². The average molecular weight is 340 g/mol. The molecule has 0 aromatic rings. The van der Waals surface area contributed by atoms with Crippen molar-refractivity contribution < 1.29 is 27.4 Å². The third-order valence-corrected chi connectivity index (χ3v) is 3.39. The van der Waals surface area contributed by atoms with Crippen molar-refractivity contribution in [3.05, 3.63) is 0 Å². The lowest BCUT2D eigenvalue weighted by molar-refractivity contribution is -0.140. The van der Waals surface area contributed by atoms with Crippen LogP contribution >= 0.6 is 0 Å². The van der Waals surface area contributed by atoms with Crippen LogP contribution in [0.3, 0.4) is 0 Å². The van der Waals surface area contributed by atoms with E-state index in [1.165, 1.54) is 11.8 Å². The second kappa shape index (κ2) is 7.70. The van der Waals surface area contributed by atoms with Gasteiger partial charge in [0.05, 0.1) is 25.7 Å². The normalized spacial score (nSPS) is 22.6. The fourth-order valence-electron chi connectivity index (χ4n) is 2.43. The zero-order valence-corrected chi connectivity index (χ0v) is 14.4. The van der Waals surface area contributed by atoms with Crippen LogP contribution in [-0.4, -0.2) is 60.7 Å². The van der Waals surface area contributed by atoms with Gasteiger partial charge in [0, 0.05) is 18.6 Å². The lowest BCUT2D eigenvalue weighted by Crippen LogP contribution is -2.55. The maximum absolute atomic E-state index is 12.4. The Morgan fingerprint density at radius 1 is 1.35 bits per heavy atom. The van der Waals surface area contributed by atoms with E-state index in [1.807, 2.05) is 0 Å². The van der Waals surface area contributed by atoms with Gasteiger partial charge in [0.2, 0.25) is 0 Å². The van der Waals surface area contributed by atoms with Gasteiger partial charge in [-0.15, -0.1) is 0 Å². The van der Waals surface area contributed by atoms with Crippen LogP contribution < -0.4 is 5.32 Å². The third-order valence-electron chi connectivity index (χ3n) is 3.39. The minimum absolute atomic E-state index is 0.293. The van der Waals surface area contributed by atoms with Gasteiger partial charge in [0.1, 0.15) is 5.60 Å². The molecule has 0 aromatic heterocycles. The topological polar surface area (TPSA) is 50.8 Å². The lowest BCUT2D eigenvalue weighted by Gasteiger charge is -2.37. The van der Waals surface area contributed by atoms with Gasteiger partial charge in [-0.2, -0.15) is 13.2 Å². The molecule has 0 aliphatic carbocycles. The molecule has 1 heterocycles. The standard InChI is InChI=1S/C15H27F3N2O3/c1-10(8-15(16,17)18)19-11(2)12-9-20(6-7-22-12)13(21)23-14(3,4)5/h10-12,19H,6-9H2,1-5H3. The summed E-state index contributed by atoms with van der Waals surface area (Å²) in [5.74, 6) is 0. The van der Waals surface area contributed by atoms with Crippen LogP contribution in [0.4, 0.5) is 18.0 Å². The summed E-state index contributed by atoms with van der Waals surface area (Å²) < 4.78 is 48.1. The van der Waals surface area contributed by atoms with Crippen LogP contribution in [0.15, 0.2) is 0 Å². The van der Waals surface area contributed by atoms with Gasteiger partial charge in [-0.1, -0.05) is 0 Å². The number of hydrogen-bond acceptors (Lipinski definition) is 4. The maximum Gasteiger partial charge on any atom is 0.410 e. The minimum Gasteiger partial charge on any atom is -0.444 e. The molecule has 136 valence electrons. The second-order valence-electron chi connectivity index (χ2n) is 7.01. The molecule has 23 heavy (non-hydrogen) atoms. The number of ether oxygens (including phenoxy) is 2. The van der Waals surface area contributed by atoms with Crippen LogP contribution in [0.1, 0.15) is 41.0 Å². The van der Waals surface area contributed by atoms with Crippen LogP contribution in [0.25, 0.3) is 0 Å². The monoisotopic (exact) mass is 340 g/mol. The summed E-state index contributed by atoms with van der Waals surface area (Å²) in [4.78, 5) is 13.6. The van der Waals surface area contributed by atoms with Gasteiger partial charge in [-0.3, -0.25) is 0 Å². The Morgan fingerprint density at radius 3 is 2.48 bits per heavy atom. The van der Waals surface area contributed by atoms with E-state index in [-0.39, 0.29) is 12.1 Å². The van der Waals surface area contributed by atoms with Crippen LogP contribution in [-0.2, 0) is 9.47 Å². The zero-order chi connectivity index (χ0) is 17.8. The first-order chi connectivity index (χ1) is 10.4. The van der Waals surface area contributed by atoms with Gasteiger partial charge >= 0.3 is 12.3 Å². The van der Waals surface area contributed by atoms with Crippen molar-refractivity contribution in [2.45, 2.75) is 71.0 Å². The Morgan fingerprint density at radius 2 is 1.96 bits per heavy atom. The summed E-state index contributed by atoms with van der Waals surface area (Å²) in [6, 6.07) is -1.02. The van der Waals surface area contributed by atoms with Gasteiger partial charge in [-0.05, 0) is 34.6 Å². The molecule has 0 spiro atoms. The highest BCUT2D eigenvalue weighted by Gasteiger charge is 2.34. The molecule has 3 atom stereocenters. The van der Waals surface area contributed by atoms with E-state index in [1.54, 1.807) is 27.7 Å². The van der Waals surface area contributed by atoms with E-state index < -0.39 is 30.3 Å². The van der Waals surface area contributed by atoms with Crippen molar-refractivity contribution >= 4 is 6.09 Å². The number of nitrogens with one attached hydrogen (secondary N) is 1. The summed E-state index contributed by atoms with van der Waals surface area (Å²) in [7, 11) is 0. The molecule has 1 amide bonds. The Hall–Kier alpha value is -1.02. The fraction of sp³-hybridized carbons (Fsp3) is 0.933. The average Bonchev–Trinajstić information content (AvgIpc) is 2.34. The number of carbonyl (C=O) groups excluding carboxylic acids is 1. The highest BCUT2D eigenvalue weighted by atomic mass is 19.4. The van der Waals surface area contributed by atoms with Crippen molar-refractivity contribution in [1.82, 2.24) is 10.2 Å². The van der Waals surface area contributed by atoms with E-state index in [4.69, 9.17) is 9.47 Å². The quantitative estimate of drug-likeness (QED) is 0.855. The third kappa shape index (κ3) is 7.87. The van der Waals surface area contributed by atoms with E-state index >= 15 is 0 Å². The number of carbonyl (C=O) groups is 1. The molecule has 0 aromatic carbocycles. The molecular formula is C15H27F3N2O3. The molecule has 5 nitrogen and oxygen atoms in total. The molecule has 1 saturated heterocycles. The van der Waals surface area contributed by atoms with E-state index in [0.717, 1.165) is 0 Å². The molecular weight excluding hydrogens is 313 g/mol. The van der Waals surface area contributed by atoms with Crippen molar-refractivity contribution in [2.75, 3.05) is 19.7 Å². The highest BCUT2D eigenvalue weighted by Crippen LogP contribution is 2.22. The summed E-state index contributed by atoms with van der Waals surface area (Å²) in [6.45, 7) is 9.64. The highest BCUT2D eigenvalue weighted by molar-refractivity contribution is 5.68. The summed E-state index contributed by atoms with van der Waals surface area (Å²) in [6.07, 6.45) is -5.91. The number of halogens is 3. The van der Waals surface area contributed by atoms with Crippen LogP contribution in [0, 0.1) is 0 Å². The van der Waals surface area contributed by atoms with Gasteiger partial charge in [0.15, 0.2) is 0 Å². The summed E-state index contributed by atoms with van der Waals surface area (Å²) >= 11 is 0.